The third kappa shape index (κ3) is 6.13. The molecule has 1 aliphatic rings. The molecule has 0 saturated carbocycles. The molecule has 0 aliphatic carbocycles. The van der Waals surface area contributed by atoms with E-state index >= 15 is 0 Å². The second-order valence-corrected chi connectivity index (χ2v) is 15.4. The van der Waals surface area contributed by atoms with E-state index < -0.39 is 18.2 Å². The van der Waals surface area contributed by atoms with Crippen LogP contribution in [0.4, 0.5) is 0 Å². The Kier molecular flexibility index (Phi) is 9.54. The molecule has 0 unspecified atom stereocenters. The van der Waals surface area contributed by atoms with Crippen LogP contribution in [0.3, 0.4) is 0 Å². The van der Waals surface area contributed by atoms with Gasteiger partial charge in [0.25, 0.3) is 0 Å². The van der Waals surface area contributed by atoms with Crippen molar-refractivity contribution in [1.82, 2.24) is 30.7 Å². The van der Waals surface area contributed by atoms with Gasteiger partial charge in [0, 0.05) is 27.3 Å². The summed E-state index contributed by atoms with van der Waals surface area (Å²) < 4.78 is 3.44. The third-order valence-electron chi connectivity index (χ3n) is 6.53. The Balaban J connectivity index is 2.20. The first-order chi connectivity index (χ1) is 19.9. The third-order valence-corrected chi connectivity index (χ3v) is 12.0. The fraction of sp³-hybridized carbons (Fsp3) is 0.321. The lowest BCUT2D eigenvalue weighted by atomic mass is 10.1. The van der Waals surface area contributed by atoms with Gasteiger partial charge >= 0.3 is 11.5 Å². The van der Waals surface area contributed by atoms with Crippen LogP contribution in [-0.2, 0) is 0 Å². The summed E-state index contributed by atoms with van der Waals surface area (Å²) in [5, 5.41) is 35.3. The van der Waals surface area contributed by atoms with Crippen molar-refractivity contribution in [3.8, 4) is 0 Å². The van der Waals surface area contributed by atoms with Crippen molar-refractivity contribution in [2.45, 2.75) is 45.3 Å². The molecule has 42 heavy (non-hydrogen) atoms. The number of hydrogen-bond donors (Lipinski definition) is 2. The number of rotatable bonds is 5. The van der Waals surface area contributed by atoms with E-state index in [4.69, 9.17) is 5.10 Å². The van der Waals surface area contributed by atoms with Crippen LogP contribution < -0.4 is 32.1 Å². The summed E-state index contributed by atoms with van der Waals surface area (Å²) in [4.78, 5) is 13.5. The number of thioether (sulfide) groups is 2. The average Bonchev–Trinajstić information content (AvgIpc) is 2.98. The van der Waals surface area contributed by atoms with E-state index in [0.717, 1.165) is 10.6 Å². The molecule has 0 amide bonds. The lowest BCUT2D eigenvalue weighted by molar-refractivity contribution is -0.477. The summed E-state index contributed by atoms with van der Waals surface area (Å²) in [6, 6.07) is 20.5. The van der Waals surface area contributed by atoms with Crippen molar-refractivity contribution in [1.29, 1.82) is 0 Å². The molecule has 2 aromatic carbocycles. The van der Waals surface area contributed by atoms with Gasteiger partial charge in [-0.15, -0.1) is 20.0 Å². The van der Waals surface area contributed by atoms with Crippen LogP contribution in [0.25, 0.3) is 0 Å². The van der Waals surface area contributed by atoms with Crippen LogP contribution in [0.2, 0.25) is 0 Å². The van der Waals surface area contributed by atoms with E-state index in [1.54, 1.807) is 20.1 Å². The molecule has 11 nitrogen and oxygen atoms in total. The summed E-state index contributed by atoms with van der Waals surface area (Å²) in [5.41, 5.74) is 5.66. The van der Waals surface area contributed by atoms with Crippen LogP contribution in [0, 0.1) is 6.92 Å². The molecule has 14 heteroatoms. The number of allylic oxidation sites excluding steroid dienone is 1. The minimum Gasteiger partial charge on any atom is -0.856 e. The highest BCUT2D eigenvalue weighted by molar-refractivity contribution is 8.13. The number of amidine groups is 1. The zero-order valence-electron chi connectivity index (χ0n) is 25.0. The second-order valence-electron chi connectivity index (χ2n) is 10.5. The largest absolute Gasteiger partial charge is 0.856 e. The number of aryl methyl sites for hydroxylation is 1. The van der Waals surface area contributed by atoms with Crippen molar-refractivity contribution >= 4 is 52.3 Å². The van der Waals surface area contributed by atoms with E-state index in [2.05, 4.69) is 82.2 Å². The predicted molar refractivity (Wildman–Crippen MR) is 172 cm³/mol. The highest BCUT2D eigenvalue weighted by Gasteiger charge is 2.39. The Labute approximate surface area is 254 Å². The maximum absolute atomic E-state index is 13.5. The van der Waals surface area contributed by atoms with Gasteiger partial charge in [0.2, 0.25) is 10.3 Å². The predicted octanol–water partition coefficient (Wildman–Crippen LogP) is 2.67. The fourth-order valence-electron chi connectivity index (χ4n) is 4.61. The smallest absolute Gasteiger partial charge is 0.434 e. The molecule has 222 valence electrons. The van der Waals surface area contributed by atoms with Gasteiger partial charge in [-0.2, -0.15) is 10.4 Å². The normalized spacial score (nSPS) is 14.4. The Morgan fingerprint density at radius 3 is 2.07 bits per heavy atom. The SMILES string of the molecule is CSC1=NNC(C)=C([O-])N1N/C(=N\n1c(SC)nnc(C)c1=O)[N+](C(C)(C)C)=P(C)(c1ccccc1)c1ccccc1. The minimum atomic E-state index is -2.51. The molecule has 4 rings (SSSR count). The van der Waals surface area contributed by atoms with Crippen molar-refractivity contribution in [3.63, 3.8) is 0 Å². The van der Waals surface area contributed by atoms with Crippen molar-refractivity contribution in [3.05, 3.63) is 88.3 Å². The number of hydrazone groups is 1. The second kappa shape index (κ2) is 12.8. The summed E-state index contributed by atoms with van der Waals surface area (Å²) in [6.07, 6.45) is 3.64. The average molecular weight is 626 g/mol. The van der Waals surface area contributed by atoms with E-state index in [-0.39, 0.29) is 17.5 Å². The van der Waals surface area contributed by atoms with E-state index in [1.165, 1.54) is 33.2 Å². The zero-order valence-corrected chi connectivity index (χ0v) is 27.5. The van der Waals surface area contributed by atoms with Gasteiger partial charge in [-0.05, 0) is 53.8 Å². The molecule has 0 fully saturated rings. The van der Waals surface area contributed by atoms with Crippen LogP contribution in [0.15, 0.2) is 92.4 Å². The number of hydrazine groups is 1. The number of nitrogens with one attached hydrogen (secondary N) is 2. The number of aromatic nitrogens is 3. The maximum atomic E-state index is 13.5. The standard InChI is InChI=1S/C28H36N9O2PS2/c1-19-23(38)35(26(41-7)31-29-19)33-25(34-36-24(39)20(2)30-32-27(36)42-8)37(28(3,4)5)40(6,21-15-11-9-12-16-21)22-17-13-10-14-18-22/h9-18H,1-8H3,(H2-,29,30,33,34,38,39). The molecule has 1 aromatic heterocycles. The van der Waals surface area contributed by atoms with Crippen LogP contribution >= 0.6 is 30.6 Å². The molecule has 3 aromatic rings. The van der Waals surface area contributed by atoms with Gasteiger partial charge in [0.15, 0.2) is 0 Å². The lowest BCUT2D eigenvalue weighted by Crippen LogP contribution is -2.56. The molecular weight excluding hydrogens is 589 g/mol. The minimum absolute atomic E-state index is 0.204. The summed E-state index contributed by atoms with van der Waals surface area (Å²) >= 11 is 2.55. The molecule has 0 bridgehead atoms. The van der Waals surface area contributed by atoms with Gasteiger partial charge in [-0.1, -0.05) is 84.2 Å². The number of benzene rings is 2. The number of guanidine groups is 1. The van der Waals surface area contributed by atoms with Gasteiger partial charge in [0.05, 0.1) is 12.6 Å². The van der Waals surface area contributed by atoms with Crippen molar-refractivity contribution < 1.29 is 9.43 Å². The van der Waals surface area contributed by atoms with Gasteiger partial charge in [-0.3, -0.25) is 10.2 Å². The van der Waals surface area contributed by atoms with Crippen LogP contribution in [0.5, 0.6) is 0 Å². The topological polar surface area (TPSA) is 126 Å². The summed E-state index contributed by atoms with van der Waals surface area (Å²) in [5.74, 6) is -0.0440. The first-order valence-corrected chi connectivity index (χ1v) is 17.8. The first-order valence-electron chi connectivity index (χ1n) is 13.1. The van der Waals surface area contributed by atoms with Gasteiger partial charge in [0.1, 0.15) is 5.69 Å². The monoisotopic (exact) mass is 625 g/mol. The van der Waals surface area contributed by atoms with E-state index in [0.29, 0.717) is 16.0 Å². The Bertz CT molecular complexity index is 1620. The van der Waals surface area contributed by atoms with Crippen LogP contribution in [-0.4, -0.2) is 60.1 Å². The molecule has 1 aliphatic heterocycles. The lowest BCUT2D eigenvalue weighted by Gasteiger charge is -2.37. The molecule has 2 N–H and O–H groups in total. The Morgan fingerprint density at radius 2 is 1.57 bits per heavy atom. The number of nitrogens with zero attached hydrogens (tertiary/aromatic N) is 7. The first kappa shape index (κ1) is 31.4. The molecule has 0 saturated heterocycles. The highest BCUT2D eigenvalue weighted by atomic mass is 32.2. The maximum Gasteiger partial charge on any atom is 0.434 e. The molecule has 0 atom stereocenters. The summed E-state index contributed by atoms with van der Waals surface area (Å²) in [6.45, 7) is 11.7. The zero-order chi connectivity index (χ0) is 30.7. The Hall–Kier alpha value is -3.54. The molecule has 0 radical (unpaired) electrons. The Morgan fingerprint density at radius 1 is 1.00 bits per heavy atom. The summed E-state index contributed by atoms with van der Waals surface area (Å²) in [7, 11) is -2.51. The van der Waals surface area contributed by atoms with Crippen molar-refractivity contribution in [2.24, 2.45) is 10.2 Å². The highest BCUT2D eigenvalue weighted by Crippen LogP contribution is 2.45. The van der Waals surface area contributed by atoms with Gasteiger partial charge in [-0.25, -0.2) is 4.33 Å². The number of hydrogen-bond acceptors (Lipinski definition) is 10. The van der Waals surface area contributed by atoms with E-state index in [9.17, 15) is 9.90 Å². The quantitative estimate of drug-likeness (QED) is 0.191. The molecular formula is C28H36N9O2PS2. The molecule has 2 heterocycles. The molecule has 0 spiro atoms. The van der Waals surface area contributed by atoms with Gasteiger partial charge < -0.3 is 5.11 Å². The fourth-order valence-corrected chi connectivity index (χ4v) is 9.40. The van der Waals surface area contributed by atoms with Crippen LogP contribution in [0.1, 0.15) is 33.4 Å². The van der Waals surface area contributed by atoms with E-state index in [1.807, 2.05) is 42.7 Å². The van der Waals surface area contributed by atoms with Crippen molar-refractivity contribution in [2.75, 3.05) is 19.2 Å².